The van der Waals surface area contributed by atoms with Crippen molar-refractivity contribution in [2.75, 3.05) is 7.11 Å². The van der Waals surface area contributed by atoms with Gasteiger partial charge in [-0.15, -0.1) is 12.4 Å². The molecule has 0 radical (unpaired) electrons. The quantitative estimate of drug-likeness (QED) is 0.722. The molecule has 4 N–H and O–H groups in total. The molecule has 0 saturated carbocycles. The number of aromatic hydroxyl groups is 1. The van der Waals surface area contributed by atoms with Crippen LogP contribution in [0, 0.1) is 6.92 Å². The highest BCUT2D eigenvalue weighted by Crippen LogP contribution is 2.30. The average molecular weight is 290 g/mol. The maximum absolute atomic E-state index is 11.1. The molecule has 7 heteroatoms. The lowest BCUT2D eigenvalue weighted by Crippen LogP contribution is -2.17. The van der Waals surface area contributed by atoms with Crippen LogP contribution in [0.3, 0.4) is 0 Å². The fraction of sp³-hybridized carbons (Fsp3) is 0.333. The lowest BCUT2D eigenvalue weighted by Gasteiger charge is -2.15. The Morgan fingerprint density at radius 2 is 2.00 bits per heavy atom. The molecule has 0 fully saturated rings. The number of nitrogens with two attached hydrogens (primary N) is 1. The van der Waals surface area contributed by atoms with Crippen molar-refractivity contribution >= 4 is 24.3 Å². The molecule has 0 aliphatic carbocycles. The fourth-order valence-corrected chi connectivity index (χ4v) is 1.63. The molecular weight excluding hydrogens is 274 g/mol. The monoisotopic (exact) mass is 289 g/mol. The fourth-order valence-electron chi connectivity index (χ4n) is 1.63. The van der Waals surface area contributed by atoms with Crippen molar-refractivity contribution in [3.63, 3.8) is 0 Å². The molecule has 0 bridgehead atoms. The highest BCUT2D eigenvalue weighted by molar-refractivity contribution is 5.91. The van der Waals surface area contributed by atoms with Crippen LogP contribution >= 0.6 is 12.4 Å². The largest absolute Gasteiger partial charge is 0.507 e. The van der Waals surface area contributed by atoms with Crippen molar-refractivity contribution in [3.8, 4) is 5.75 Å². The van der Waals surface area contributed by atoms with Crippen molar-refractivity contribution in [1.82, 2.24) is 0 Å². The summed E-state index contributed by atoms with van der Waals surface area (Å²) in [6.07, 6.45) is -0.132. The third-order valence-electron chi connectivity index (χ3n) is 2.53. The number of aryl methyl sites for hydroxylation is 1. The second-order valence-corrected chi connectivity index (χ2v) is 3.94. The van der Waals surface area contributed by atoms with Crippen LogP contribution in [-0.4, -0.2) is 29.3 Å². The molecule has 106 valence electrons. The second kappa shape index (κ2) is 6.96. The van der Waals surface area contributed by atoms with Gasteiger partial charge >= 0.3 is 11.9 Å². The summed E-state index contributed by atoms with van der Waals surface area (Å²) in [5, 5.41) is 18.8. The summed E-state index contributed by atoms with van der Waals surface area (Å²) in [5.41, 5.74) is 6.38. The van der Waals surface area contributed by atoms with Gasteiger partial charge in [-0.05, 0) is 18.6 Å². The number of ether oxygens (including phenoxy) is 1. The van der Waals surface area contributed by atoms with Crippen molar-refractivity contribution in [2.45, 2.75) is 19.4 Å². The molecule has 1 aromatic carbocycles. The number of carboxylic acid groups (broad SMARTS) is 1. The molecular formula is C12H16ClNO5. The Morgan fingerprint density at radius 3 is 2.47 bits per heavy atom. The third-order valence-corrected chi connectivity index (χ3v) is 2.53. The molecule has 0 aliphatic rings. The van der Waals surface area contributed by atoms with Gasteiger partial charge in [-0.2, -0.15) is 0 Å². The lowest BCUT2D eigenvalue weighted by molar-refractivity contribution is -0.141. The van der Waals surface area contributed by atoms with E-state index in [9.17, 15) is 14.7 Å². The molecule has 19 heavy (non-hydrogen) atoms. The topological polar surface area (TPSA) is 110 Å². The zero-order valence-corrected chi connectivity index (χ0v) is 11.4. The number of benzene rings is 1. The number of aromatic carboxylic acids is 1. The average Bonchev–Trinajstić information content (AvgIpc) is 2.30. The van der Waals surface area contributed by atoms with E-state index >= 15 is 0 Å². The standard InChI is InChI=1S/C12H15NO5.ClH/c1-6-3-7(9(13)5-10(14)18-2)11(15)8(4-6)12(16)17;/h3-4,9,15H,5,13H2,1-2H3,(H,16,17);1H/t9-;/m1./s1. The van der Waals surface area contributed by atoms with Crippen LogP contribution in [0.4, 0.5) is 0 Å². The molecule has 0 aliphatic heterocycles. The van der Waals surface area contributed by atoms with Crippen molar-refractivity contribution in [2.24, 2.45) is 5.73 Å². The van der Waals surface area contributed by atoms with Crippen molar-refractivity contribution in [3.05, 3.63) is 28.8 Å². The summed E-state index contributed by atoms with van der Waals surface area (Å²) in [6, 6.07) is 2.08. The van der Waals surface area contributed by atoms with E-state index in [1.54, 1.807) is 13.0 Å². The number of esters is 1. The highest BCUT2D eigenvalue weighted by Gasteiger charge is 2.20. The second-order valence-electron chi connectivity index (χ2n) is 3.94. The number of carbonyl (C=O) groups is 2. The first-order valence-electron chi connectivity index (χ1n) is 5.26. The number of rotatable bonds is 4. The van der Waals surface area contributed by atoms with Gasteiger partial charge in [0.05, 0.1) is 13.5 Å². The number of halogens is 1. The Hall–Kier alpha value is -1.79. The number of phenols is 1. The Balaban J connectivity index is 0.00000324. The Kier molecular flexibility index (Phi) is 6.31. The minimum Gasteiger partial charge on any atom is -0.507 e. The minimum atomic E-state index is -1.25. The number of carboxylic acids is 1. The summed E-state index contributed by atoms with van der Waals surface area (Å²) < 4.78 is 4.47. The smallest absolute Gasteiger partial charge is 0.339 e. The van der Waals surface area contributed by atoms with Gasteiger partial charge in [0.2, 0.25) is 0 Å². The molecule has 1 atom stereocenters. The summed E-state index contributed by atoms with van der Waals surface area (Å²) >= 11 is 0. The number of methoxy groups -OCH3 is 1. The van der Waals surface area contributed by atoms with E-state index in [4.69, 9.17) is 10.8 Å². The molecule has 0 spiro atoms. The van der Waals surface area contributed by atoms with Crippen LogP contribution in [0.15, 0.2) is 12.1 Å². The summed E-state index contributed by atoms with van der Waals surface area (Å²) in [5.74, 6) is -2.19. The predicted octanol–water partition coefficient (Wildman–Crippen LogP) is 1.38. The molecule has 0 saturated heterocycles. The van der Waals surface area contributed by atoms with Gasteiger partial charge < -0.3 is 20.7 Å². The molecule has 0 unspecified atom stereocenters. The number of hydrogen-bond acceptors (Lipinski definition) is 5. The van der Waals surface area contributed by atoms with Crippen molar-refractivity contribution < 1.29 is 24.5 Å². The van der Waals surface area contributed by atoms with Crippen molar-refractivity contribution in [1.29, 1.82) is 0 Å². The Morgan fingerprint density at radius 1 is 1.42 bits per heavy atom. The van der Waals surface area contributed by atoms with Crippen LogP contribution in [0.5, 0.6) is 5.75 Å². The maximum atomic E-state index is 11.1. The first kappa shape index (κ1) is 17.2. The van der Waals surface area contributed by atoms with Gasteiger partial charge in [0, 0.05) is 11.6 Å². The SMILES string of the molecule is COC(=O)C[C@@H](N)c1cc(C)cc(C(=O)O)c1O.Cl. The van der Waals surface area contributed by atoms with E-state index < -0.39 is 23.7 Å². The minimum absolute atomic E-state index is 0. The van der Waals surface area contributed by atoms with Gasteiger partial charge in [-0.25, -0.2) is 4.79 Å². The first-order valence-corrected chi connectivity index (χ1v) is 5.26. The van der Waals surface area contributed by atoms with Gasteiger partial charge in [-0.3, -0.25) is 4.79 Å². The highest BCUT2D eigenvalue weighted by atomic mass is 35.5. The van der Waals surface area contributed by atoms with Crippen LogP contribution in [0.25, 0.3) is 0 Å². The number of carbonyl (C=O) groups excluding carboxylic acids is 1. The maximum Gasteiger partial charge on any atom is 0.339 e. The van der Waals surface area contributed by atoms with E-state index in [0.717, 1.165) is 0 Å². The zero-order valence-electron chi connectivity index (χ0n) is 10.5. The van der Waals surface area contributed by atoms with Gasteiger partial charge in [0.15, 0.2) is 0 Å². The van der Waals surface area contributed by atoms with Crippen LogP contribution in [0.2, 0.25) is 0 Å². The predicted molar refractivity (Wildman–Crippen MR) is 70.6 cm³/mol. The van der Waals surface area contributed by atoms with Crippen LogP contribution in [0.1, 0.15) is 33.9 Å². The van der Waals surface area contributed by atoms with E-state index in [-0.39, 0.29) is 30.0 Å². The molecule has 0 aromatic heterocycles. The van der Waals surface area contributed by atoms with Crippen LogP contribution < -0.4 is 5.73 Å². The van der Waals surface area contributed by atoms with E-state index in [2.05, 4.69) is 4.74 Å². The molecule has 1 rings (SSSR count). The van der Waals surface area contributed by atoms with Gasteiger partial charge in [0.25, 0.3) is 0 Å². The Bertz CT molecular complexity index is 489. The van der Waals surface area contributed by atoms with E-state index in [0.29, 0.717) is 5.56 Å². The summed E-state index contributed by atoms with van der Waals surface area (Å²) in [4.78, 5) is 22.0. The molecule has 0 amide bonds. The van der Waals surface area contributed by atoms with E-state index in [1.807, 2.05) is 0 Å². The number of hydrogen-bond donors (Lipinski definition) is 3. The van der Waals surface area contributed by atoms with Gasteiger partial charge in [0.1, 0.15) is 11.3 Å². The lowest BCUT2D eigenvalue weighted by atomic mass is 9.97. The van der Waals surface area contributed by atoms with Gasteiger partial charge in [-0.1, -0.05) is 6.07 Å². The summed E-state index contributed by atoms with van der Waals surface area (Å²) in [6.45, 7) is 1.68. The van der Waals surface area contributed by atoms with Crippen LogP contribution in [-0.2, 0) is 9.53 Å². The Labute approximate surface area is 116 Å². The molecule has 0 heterocycles. The normalized spacial score (nSPS) is 11.3. The third kappa shape index (κ3) is 4.11. The first-order chi connectivity index (χ1) is 8.36. The zero-order chi connectivity index (χ0) is 13.9. The van der Waals surface area contributed by atoms with E-state index in [1.165, 1.54) is 13.2 Å². The molecule has 6 nitrogen and oxygen atoms in total. The summed E-state index contributed by atoms with van der Waals surface area (Å²) in [7, 11) is 1.23. The molecule has 1 aromatic rings.